The molecule has 0 aromatic heterocycles. The van der Waals surface area contributed by atoms with Gasteiger partial charge in [-0.3, -0.25) is 14.2 Å². The van der Waals surface area contributed by atoms with Crippen LogP contribution >= 0.6 is 7.37 Å². The standard InChI is InChI=1S/C20H21O6P/c1-3-25-20(22)14(12-19(21)24-2)13-27(23)18-11-7-5-9-16(18)15-8-4-6-10-17(15)26-27/h4-11,14H,3,12-13H2,1-2H3. The van der Waals surface area contributed by atoms with Crippen LogP contribution in [0.3, 0.4) is 0 Å². The number of benzene rings is 2. The summed E-state index contributed by atoms with van der Waals surface area (Å²) in [4.78, 5) is 24.1. The lowest BCUT2D eigenvalue weighted by atomic mass is 10.0. The number of methoxy groups -OCH3 is 1. The molecule has 1 heterocycles. The monoisotopic (exact) mass is 388 g/mol. The number of carbonyl (C=O) groups excluding carboxylic acids is 2. The number of esters is 2. The van der Waals surface area contributed by atoms with Gasteiger partial charge in [-0.1, -0.05) is 36.4 Å². The molecule has 0 aliphatic carbocycles. The number of fused-ring (bicyclic) bond motifs is 3. The third kappa shape index (κ3) is 3.91. The summed E-state index contributed by atoms with van der Waals surface area (Å²) in [5.74, 6) is -1.56. The molecule has 142 valence electrons. The van der Waals surface area contributed by atoms with Crippen molar-refractivity contribution in [3.8, 4) is 16.9 Å². The van der Waals surface area contributed by atoms with Crippen LogP contribution < -0.4 is 9.83 Å². The second-order valence-electron chi connectivity index (χ2n) is 6.19. The number of carbonyl (C=O) groups is 2. The molecule has 2 aromatic carbocycles. The molecular formula is C20H21O6P. The van der Waals surface area contributed by atoms with Crippen molar-refractivity contribution in [3.63, 3.8) is 0 Å². The van der Waals surface area contributed by atoms with Crippen molar-refractivity contribution in [1.29, 1.82) is 0 Å². The van der Waals surface area contributed by atoms with Crippen LogP contribution in [0.5, 0.6) is 5.75 Å². The molecule has 27 heavy (non-hydrogen) atoms. The third-order valence-electron chi connectivity index (χ3n) is 4.42. The van der Waals surface area contributed by atoms with Crippen molar-refractivity contribution in [1.82, 2.24) is 0 Å². The summed E-state index contributed by atoms with van der Waals surface area (Å²) < 4.78 is 29.5. The minimum atomic E-state index is -3.44. The van der Waals surface area contributed by atoms with Crippen molar-refractivity contribution in [2.45, 2.75) is 13.3 Å². The van der Waals surface area contributed by atoms with Gasteiger partial charge in [0.25, 0.3) is 7.37 Å². The summed E-state index contributed by atoms with van der Waals surface area (Å²) in [6.45, 7) is 1.85. The topological polar surface area (TPSA) is 78.9 Å². The van der Waals surface area contributed by atoms with E-state index in [9.17, 15) is 14.2 Å². The van der Waals surface area contributed by atoms with Crippen LogP contribution in [0.1, 0.15) is 13.3 Å². The number of hydrogen-bond donors (Lipinski definition) is 0. The van der Waals surface area contributed by atoms with Gasteiger partial charge < -0.3 is 14.0 Å². The predicted molar refractivity (Wildman–Crippen MR) is 101 cm³/mol. The Morgan fingerprint density at radius 1 is 1.07 bits per heavy atom. The number of hydrogen-bond acceptors (Lipinski definition) is 6. The molecule has 6 nitrogen and oxygen atoms in total. The zero-order valence-corrected chi connectivity index (χ0v) is 16.1. The van der Waals surface area contributed by atoms with Crippen molar-refractivity contribution in [2.75, 3.05) is 19.9 Å². The van der Waals surface area contributed by atoms with E-state index in [1.807, 2.05) is 24.3 Å². The van der Waals surface area contributed by atoms with E-state index in [4.69, 9.17) is 9.26 Å². The van der Waals surface area contributed by atoms with Gasteiger partial charge in [0.2, 0.25) is 0 Å². The zero-order chi connectivity index (χ0) is 19.4. The van der Waals surface area contributed by atoms with Gasteiger partial charge in [-0.25, -0.2) is 0 Å². The second-order valence-corrected chi connectivity index (χ2v) is 8.57. The fourth-order valence-corrected chi connectivity index (χ4v) is 5.75. The second kappa shape index (κ2) is 7.97. The average Bonchev–Trinajstić information content (AvgIpc) is 2.68. The molecule has 0 radical (unpaired) electrons. The fraction of sp³-hybridized carbons (Fsp3) is 0.300. The zero-order valence-electron chi connectivity index (χ0n) is 15.2. The Labute approximate surface area is 157 Å². The van der Waals surface area contributed by atoms with E-state index in [0.717, 1.165) is 11.1 Å². The van der Waals surface area contributed by atoms with E-state index in [1.54, 1.807) is 31.2 Å². The first-order valence-corrected chi connectivity index (χ1v) is 10.5. The van der Waals surface area contributed by atoms with E-state index in [1.165, 1.54) is 7.11 Å². The van der Waals surface area contributed by atoms with Gasteiger partial charge in [0, 0.05) is 5.56 Å². The highest BCUT2D eigenvalue weighted by molar-refractivity contribution is 7.67. The highest BCUT2D eigenvalue weighted by Gasteiger charge is 2.41. The quantitative estimate of drug-likeness (QED) is 0.558. The van der Waals surface area contributed by atoms with Crippen LogP contribution in [0.4, 0.5) is 0 Å². The first kappa shape index (κ1) is 19.2. The first-order valence-electron chi connectivity index (χ1n) is 8.69. The molecule has 0 bridgehead atoms. The average molecular weight is 388 g/mol. The fourth-order valence-electron chi connectivity index (χ4n) is 3.17. The Bertz CT molecular complexity index is 907. The maximum absolute atomic E-state index is 13.8. The Balaban J connectivity index is 2.00. The molecule has 2 aromatic rings. The van der Waals surface area contributed by atoms with Crippen LogP contribution in [-0.2, 0) is 23.6 Å². The van der Waals surface area contributed by atoms with E-state index in [2.05, 4.69) is 4.74 Å². The van der Waals surface area contributed by atoms with Crippen LogP contribution in [0, 0.1) is 5.92 Å². The van der Waals surface area contributed by atoms with Crippen molar-refractivity contribution in [3.05, 3.63) is 48.5 Å². The minimum Gasteiger partial charge on any atom is -0.469 e. The molecule has 1 aliphatic heterocycles. The van der Waals surface area contributed by atoms with Gasteiger partial charge in [-0.2, -0.15) is 0 Å². The van der Waals surface area contributed by atoms with Gasteiger partial charge >= 0.3 is 11.9 Å². The third-order valence-corrected chi connectivity index (χ3v) is 6.95. The van der Waals surface area contributed by atoms with E-state index >= 15 is 0 Å². The van der Waals surface area contributed by atoms with Crippen LogP contribution in [0.15, 0.2) is 48.5 Å². The maximum Gasteiger partial charge on any atom is 0.310 e. The molecule has 0 spiro atoms. The van der Waals surface area contributed by atoms with Gasteiger partial charge in [-0.05, 0) is 24.6 Å². The first-order chi connectivity index (χ1) is 13.0. The molecule has 0 amide bonds. The van der Waals surface area contributed by atoms with Gasteiger partial charge in [-0.15, -0.1) is 0 Å². The van der Waals surface area contributed by atoms with Crippen LogP contribution in [0.2, 0.25) is 0 Å². The van der Waals surface area contributed by atoms with E-state index < -0.39 is 25.2 Å². The number of ether oxygens (including phenoxy) is 2. The predicted octanol–water partition coefficient (Wildman–Crippen LogP) is 3.39. The molecule has 1 aliphatic rings. The molecule has 0 fully saturated rings. The minimum absolute atomic E-state index is 0.133. The van der Waals surface area contributed by atoms with Crippen molar-refractivity contribution < 1.29 is 28.2 Å². The highest BCUT2D eigenvalue weighted by atomic mass is 31.2. The van der Waals surface area contributed by atoms with Crippen molar-refractivity contribution in [2.24, 2.45) is 5.92 Å². The summed E-state index contributed by atoms with van der Waals surface area (Å²) in [5, 5.41) is 0.544. The van der Waals surface area contributed by atoms with E-state index in [0.29, 0.717) is 11.1 Å². The molecule has 2 unspecified atom stereocenters. The molecule has 7 heteroatoms. The van der Waals surface area contributed by atoms with Crippen LogP contribution in [-0.4, -0.2) is 31.8 Å². The SMILES string of the molecule is CCOC(=O)C(CC(=O)OC)CP1(=O)Oc2ccccc2-c2ccccc21. The molecule has 0 N–H and O–H groups in total. The van der Waals surface area contributed by atoms with Gasteiger partial charge in [0.15, 0.2) is 0 Å². The number of para-hydroxylation sites is 1. The summed E-state index contributed by atoms with van der Waals surface area (Å²) in [5.41, 5.74) is 1.66. The maximum atomic E-state index is 13.8. The molecule has 0 saturated heterocycles. The van der Waals surface area contributed by atoms with Crippen LogP contribution in [0.25, 0.3) is 11.1 Å². The van der Waals surface area contributed by atoms with Crippen molar-refractivity contribution >= 4 is 24.6 Å². The normalized spacial score (nSPS) is 18.4. The lowest BCUT2D eigenvalue weighted by Crippen LogP contribution is -2.29. The Kier molecular flexibility index (Phi) is 5.66. The summed E-state index contributed by atoms with van der Waals surface area (Å²) in [7, 11) is -2.20. The summed E-state index contributed by atoms with van der Waals surface area (Å²) in [6.07, 6.45) is -0.348. The molecule has 0 saturated carbocycles. The molecule has 2 atom stereocenters. The lowest BCUT2D eigenvalue weighted by Gasteiger charge is -2.30. The largest absolute Gasteiger partial charge is 0.469 e. The van der Waals surface area contributed by atoms with Gasteiger partial charge in [0.1, 0.15) is 5.75 Å². The number of rotatable bonds is 6. The Morgan fingerprint density at radius 3 is 2.44 bits per heavy atom. The lowest BCUT2D eigenvalue weighted by molar-refractivity contribution is -0.152. The summed E-state index contributed by atoms with van der Waals surface area (Å²) >= 11 is 0. The highest BCUT2D eigenvalue weighted by Crippen LogP contribution is 2.55. The smallest absolute Gasteiger partial charge is 0.310 e. The summed E-state index contributed by atoms with van der Waals surface area (Å²) in [6, 6.07) is 14.6. The Hall–Kier alpha value is -2.59. The van der Waals surface area contributed by atoms with E-state index in [-0.39, 0.29) is 19.2 Å². The molecular weight excluding hydrogens is 367 g/mol. The molecule has 3 rings (SSSR count). The van der Waals surface area contributed by atoms with Gasteiger partial charge in [0.05, 0.1) is 37.5 Å². The Morgan fingerprint density at radius 2 is 1.74 bits per heavy atom.